The molecule has 2 fully saturated rings. The van der Waals surface area contributed by atoms with E-state index in [1.165, 1.54) is 31.3 Å². The summed E-state index contributed by atoms with van der Waals surface area (Å²) >= 11 is 2.08. The van der Waals surface area contributed by atoms with Crippen LogP contribution in [0.1, 0.15) is 52.4 Å². The molecule has 0 spiro atoms. The largest absolute Gasteiger partial charge is 0.313 e. The third-order valence-corrected chi connectivity index (χ3v) is 8.32. The molecule has 0 radical (unpaired) electrons. The van der Waals surface area contributed by atoms with E-state index in [-0.39, 0.29) is 5.25 Å². The van der Waals surface area contributed by atoms with Crippen LogP contribution in [-0.4, -0.2) is 43.0 Å². The maximum Gasteiger partial charge on any atom is 0.150 e. The van der Waals surface area contributed by atoms with Gasteiger partial charge in [0, 0.05) is 17.0 Å². The molecule has 1 N–H and O–H groups in total. The summed E-state index contributed by atoms with van der Waals surface area (Å²) in [4.78, 5) is 0. The van der Waals surface area contributed by atoms with Crippen molar-refractivity contribution in [3.63, 3.8) is 0 Å². The molecule has 1 aliphatic carbocycles. The topological polar surface area (TPSA) is 46.2 Å². The van der Waals surface area contributed by atoms with Crippen LogP contribution in [-0.2, 0) is 9.84 Å². The van der Waals surface area contributed by atoms with Gasteiger partial charge < -0.3 is 5.32 Å². The van der Waals surface area contributed by atoms with Crippen molar-refractivity contribution in [2.75, 3.05) is 18.6 Å². The third-order valence-electron chi connectivity index (χ3n) is 5.07. The van der Waals surface area contributed by atoms with Gasteiger partial charge in [-0.05, 0) is 57.2 Å². The molecule has 2 rings (SSSR count). The van der Waals surface area contributed by atoms with E-state index < -0.39 is 9.84 Å². The van der Waals surface area contributed by atoms with Crippen LogP contribution in [0, 0.1) is 5.92 Å². The van der Waals surface area contributed by atoms with E-state index in [4.69, 9.17) is 0 Å². The Hall–Kier alpha value is 0.260. The predicted octanol–water partition coefficient (Wildman–Crippen LogP) is 2.85. The molecular formula is C15H29NO2S2. The molecule has 0 amide bonds. The number of nitrogens with one attached hydrogen (secondary N) is 1. The molecule has 118 valence electrons. The summed E-state index contributed by atoms with van der Waals surface area (Å²) < 4.78 is 24.1. The fraction of sp³-hybridized carbons (Fsp3) is 1.00. The van der Waals surface area contributed by atoms with Gasteiger partial charge in [-0.1, -0.05) is 13.3 Å². The molecule has 5 heteroatoms. The molecule has 0 aromatic heterocycles. The maximum atomic E-state index is 11.9. The summed E-state index contributed by atoms with van der Waals surface area (Å²) in [7, 11) is -2.89. The van der Waals surface area contributed by atoms with Crippen LogP contribution in [0.3, 0.4) is 0 Å². The molecule has 1 heterocycles. The van der Waals surface area contributed by atoms with Crippen LogP contribution >= 0.6 is 11.8 Å². The Bertz CT molecular complexity index is 416. The molecular weight excluding hydrogens is 290 g/mol. The molecule has 3 nitrogen and oxygen atoms in total. The lowest BCUT2D eigenvalue weighted by molar-refractivity contribution is 0.232. The van der Waals surface area contributed by atoms with Crippen molar-refractivity contribution in [3.8, 4) is 0 Å². The van der Waals surface area contributed by atoms with Crippen molar-refractivity contribution in [3.05, 3.63) is 0 Å². The second-order valence-electron chi connectivity index (χ2n) is 6.68. The van der Waals surface area contributed by atoms with Crippen LogP contribution in [0.2, 0.25) is 0 Å². The van der Waals surface area contributed by atoms with Gasteiger partial charge in [-0.3, -0.25) is 0 Å². The SMILES string of the molecule is CCNC(C1CCCC(S(C)(=O)=O)C1)C1(C)CCCS1. The van der Waals surface area contributed by atoms with Crippen molar-refractivity contribution in [1.29, 1.82) is 0 Å². The summed E-state index contributed by atoms with van der Waals surface area (Å²) in [5.41, 5.74) is 0. The van der Waals surface area contributed by atoms with Crippen LogP contribution in [0.25, 0.3) is 0 Å². The second kappa shape index (κ2) is 6.57. The molecule has 2 aliphatic rings. The highest BCUT2D eigenvalue weighted by Gasteiger charge is 2.43. The van der Waals surface area contributed by atoms with Gasteiger partial charge in [-0.2, -0.15) is 11.8 Å². The lowest BCUT2D eigenvalue weighted by Crippen LogP contribution is -2.52. The van der Waals surface area contributed by atoms with E-state index in [2.05, 4.69) is 30.9 Å². The van der Waals surface area contributed by atoms with Crippen molar-refractivity contribution < 1.29 is 8.42 Å². The van der Waals surface area contributed by atoms with Crippen LogP contribution in [0.5, 0.6) is 0 Å². The zero-order valence-electron chi connectivity index (χ0n) is 13.0. The number of sulfone groups is 1. The quantitative estimate of drug-likeness (QED) is 0.846. The second-order valence-corrected chi connectivity index (χ2v) is 10.6. The molecule has 20 heavy (non-hydrogen) atoms. The molecule has 1 saturated heterocycles. The van der Waals surface area contributed by atoms with Crippen LogP contribution in [0.15, 0.2) is 0 Å². The van der Waals surface area contributed by atoms with Gasteiger partial charge in [0.05, 0.1) is 5.25 Å². The maximum absolute atomic E-state index is 11.9. The van der Waals surface area contributed by atoms with Gasteiger partial charge in [0.2, 0.25) is 0 Å². The minimum Gasteiger partial charge on any atom is -0.313 e. The molecule has 0 aromatic carbocycles. The average molecular weight is 320 g/mol. The Morgan fingerprint density at radius 2 is 2.10 bits per heavy atom. The zero-order valence-corrected chi connectivity index (χ0v) is 14.7. The first kappa shape index (κ1) is 16.6. The van der Waals surface area contributed by atoms with E-state index in [0.29, 0.717) is 16.7 Å². The van der Waals surface area contributed by atoms with E-state index in [0.717, 1.165) is 25.8 Å². The highest BCUT2D eigenvalue weighted by atomic mass is 32.2. The normalized spacial score (nSPS) is 37.0. The summed E-state index contributed by atoms with van der Waals surface area (Å²) in [6.45, 7) is 5.51. The lowest BCUT2D eigenvalue weighted by Gasteiger charge is -2.42. The highest BCUT2D eigenvalue weighted by Crippen LogP contribution is 2.45. The van der Waals surface area contributed by atoms with Gasteiger partial charge in [0.15, 0.2) is 0 Å². The Kier molecular flexibility index (Phi) is 5.46. The van der Waals surface area contributed by atoms with Gasteiger partial charge in [-0.25, -0.2) is 8.42 Å². The number of rotatable bonds is 5. The Morgan fingerprint density at radius 1 is 1.35 bits per heavy atom. The number of hydrogen-bond donors (Lipinski definition) is 1. The Morgan fingerprint density at radius 3 is 2.65 bits per heavy atom. The summed E-state index contributed by atoms with van der Waals surface area (Å²) in [5, 5.41) is 3.58. The van der Waals surface area contributed by atoms with Crippen molar-refractivity contribution in [1.82, 2.24) is 5.32 Å². The first-order valence-electron chi connectivity index (χ1n) is 7.93. The Balaban J connectivity index is 2.12. The molecule has 1 aliphatic heterocycles. The van der Waals surface area contributed by atoms with Gasteiger partial charge in [0.25, 0.3) is 0 Å². The first-order chi connectivity index (χ1) is 9.37. The smallest absolute Gasteiger partial charge is 0.150 e. The first-order valence-corrected chi connectivity index (χ1v) is 10.9. The van der Waals surface area contributed by atoms with Crippen LogP contribution < -0.4 is 5.32 Å². The predicted molar refractivity (Wildman–Crippen MR) is 88.2 cm³/mol. The summed E-state index contributed by atoms with van der Waals surface area (Å²) in [5.74, 6) is 1.76. The standard InChI is InChI=1S/C15H29NO2S2/c1-4-16-14(15(2)9-6-10-19-15)12-7-5-8-13(11-12)20(3,17)18/h12-14,16H,4-11H2,1-3H3. The minimum atomic E-state index is -2.89. The number of hydrogen-bond acceptors (Lipinski definition) is 4. The van der Waals surface area contributed by atoms with E-state index in [9.17, 15) is 8.42 Å². The van der Waals surface area contributed by atoms with Gasteiger partial charge in [-0.15, -0.1) is 0 Å². The molecule has 0 aromatic rings. The van der Waals surface area contributed by atoms with Crippen molar-refractivity contribution in [2.24, 2.45) is 5.92 Å². The average Bonchev–Trinajstić information content (AvgIpc) is 2.83. The summed E-state index contributed by atoms with van der Waals surface area (Å²) in [6.07, 6.45) is 7.92. The fourth-order valence-corrected chi connectivity index (χ4v) is 6.71. The van der Waals surface area contributed by atoms with E-state index in [1.54, 1.807) is 0 Å². The zero-order chi connectivity index (χ0) is 14.8. The molecule has 4 unspecified atom stereocenters. The van der Waals surface area contributed by atoms with E-state index in [1.807, 2.05) is 0 Å². The lowest BCUT2D eigenvalue weighted by atomic mass is 9.77. The van der Waals surface area contributed by atoms with Gasteiger partial charge >= 0.3 is 0 Å². The third kappa shape index (κ3) is 3.72. The molecule has 4 atom stereocenters. The minimum absolute atomic E-state index is 0.114. The Labute approximate surface area is 128 Å². The van der Waals surface area contributed by atoms with E-state index >= 15 is 0 Å². The highest BCUT2D eigenvalue weighted by molar-refractivity contribution is 8.00. The van der Waals surface area contributed by atoms with Gasteiger partial charge in [0.1, 0.15) is 9.84 Å². The molecule has 0 bridgehead atoms. The van der Waals surface area contributed by atoms with Crippen molar-refractivity contribution >= 4 is 21.6 Å². The monoisotopic (exact) mass is 319 g/mol. The fourth-order valence-electron chi connectivity index (χ4n) is 4.02. The molecule has 1 saturated carbocycles. The van der Waals surface area contributed by atoms with Crippen molar-refractivity contribution in [2.45, 2.75) is 68.4 Å². The van der Waals surface area contributed by atoms with Crippen LogP contribution in [0.4, 0.5) is 0 Å². The summed E-state index contributed by atoms with van der Waals surface area (Å²) in [6, 6.07) is 0.463. The number of thioether (sulfide) groups is 1.